The van der Waals surface area contributed by atoms with Crippen molar-refractivity contribution >= 4 is 17.9 Å². The SMILES string of the molecule is CCCOC(=O)[C@]12CCC(C)(C)C[C@@H]1C1=CC[C@@H]3[C@@]4(C)C[C@H](OC(C)=O)[C@H](OC(C)=O)C(C)(C)[C@H]4CC[C@@]3(C)[C@@]1(C)CC2. The predicted molar refractivity (Wildman–Crippen MR) is 167 cm³/mol. The van der Waals surface area contributed by atoms with Crippen LogP contribution in [0.25, 0.3) is 0 Å². The van der Waals surface area contributed by atoms with Crippen LogP contribution in [-0.4, -0.2) is 36.7 Å². The summed E-state index contributed by atoms with van der Waals surface area (Å²) in [5, 5.41) is 0. The smallest absolute Gasteiger partial charge is 0.312 e. The lowest BCUT2D eigenvalue weighted by Crippen LogP contribution is -2.67. The third kappa shape index (κ3) is 4.82. The fourth-order valence-corrected chi connectivity index (χ4v) is 11.8. The minimum absolute atomic E-state index is 0.0235. The normalized spacial score (nSPS) is 44.3. The van der Waals surface area contributed by atoms with Gasteiger partial charge in [0.25, 0.3) is 0 Å². The summed E-state index contributed by atoms with van der Waals surface area (Å²) >= 11 is 0. The van der Waals surface area contributed by atoms with Crippen LogP contribution in [0.5, 0.6) is 0 Å². The van der Waals surface area contributed by atoms with Crippen molar-refractivity contribution in [1.29, 1.82) is 0 Å². The van der Waals surface area contributed by atoms with Crippen molar-refractivity contribution in [2.45, 2.75) is 146 Å². The Morgan fingerprint density at radius 2 is 1.49 bits per heavy atom. The first-order chi connectivity index (χ1) is 19.9. The number of allylic oxidation sites excluding steroid dienone is 2. The molecule has 0 heterocycles. The van der Waals surface area contributed by atoms with Crippen LogP contribution in [0.4, 0.5) is 0 Å². The highest BCUT2D eigenvalue weighted by Crippen LogP contribution is 2.76. The van der Waals surface area contributed by atoms with Crippen LogP contribution < -0.4 is 0 Å². The molecule has 0 saturated heterocycles. The van der Waals surface area contributed by atoms with Crippen molar-refractivity contribution in [3.63, 3.8) is 0 Å². The van der Waals surface area contributed by atoms with Gasteiger partial charge in [0.1, 0.15) is 12.2 Å². The second-order valence-electron chi connectivity index (χ2n) is 17.2. The quantitative estimate of drug-likeness (QED) is 0.180. The predicted octanol–water partition coefficient (Wildman–Crippen LogP) is 8.21. The van der Waals surface area contributed by atoms with E-state index in [4.69, 9.17) is 14.2 Å². The second-order valence-corrected chi connectivity index (χ2v) is 17.2. The molecule has 9 atom stereocenters. The lowest BCUT2D eigenvalue weighted by Gasteiger charge is -2.71. The average Bonchev–Trinajstić information content (AvgIpc) is 2.89. The van der Waals surface area contributed by atoms with Gasteiger partial charge in [0.15, 0.2) is 0 Å². The van der Waals surface area contributed by atoms with E-state index in [9.17, 15) is 14.4 Å². The first-order valence-corrected chi connectivity index (χ1v) is 17.1. The van der Waals surface area contributed by atoms with Gasteiger partial charge in [-0.3, -0.25) is 14.4 Å². The number of esters is 3. The Balaban J connectivity index is 1.57. The number of hydrogen-bond acceptors (Lipinski definition) is 6. The molecule has 5 rings (SSSR count). The summed E-state index contributed by atoms with van der Waals surface area (Å²) in [6, 6.07) is 0. The summed E-state index contributed by atoms with van der Waals surface area (Å²) in [5.41, 5.74) is 0.868. The van der Waals surface area contributed by atoms with Crippen LogP contribution in [0.2, 0.25) is 0 Å². The molecule has 4 fully saturated rings. The van der Waals surface area contributed by atoms with Gasteiger partial charge in [0.05, 0.1) is 12.0 Å². The summed E-state index contributed by atoms with van der Waals surface area (Å²) in [6.07, 6.45) is 11.2. The molecule has 0 aromatic heterocycles. The van der Waals surface area contributed by atoms with Crippen molar-refractivity contribution < 1.29 is 28.6 Å². The third-order valence-electron chi connectivity index (χ3n) is 14.0. The largest absolute Gasteiger partial charge is 0.465 e. The van der Waals surface area contributed by atoms with Gasteiger partial charge in [-0.25, -0.2) is 0 Å². The van der Waals surface area contributed by atoms with E-state index in [1.54, 1.807) is 0 Å². The number of carbonyl (C=O) groups is 3. The minimum atomic E-state index is -0.468. The zero-order valence-corrected chi connectivity index (χ0v) is 28.7. The third-order valence-corrected chi connectivity index (χ3v) is 14.0. The van der Waals surface area contributed by atoms with E-state index in [1.165, 1.54) is 19.4 Å². The molecule has 0 spiro atoms. The van der Waals surface area contributed by atoms with Gasteiger partial charge >= 0.3 is 17.9 Å². The van der Waals surface area contributed by atoms with Gasteiger partial charge in [-0.05, 0) is 104 Å². The highest BCUT2D eigenvalue weighted by Gasteiger charge is 2.71. The molecule has 0 bridgehead atoms. The van der Waals surface area contributed by atoms with Crippen LogP contribution in [0, 0.1) is 50.2 Å². The van der Waals surface area contributed by atoms with E-state index in [0.717, 1.165) is 57.8 Å². The standard InChI is InChI=1S/C37H58O6/c1-11-20-41-31(40)37-18-16-32(4,5)21-26(37)25-12-13-29-34(8)22-27(42-23(2)38)30(43-24(3)39)33(6,7)28(34)14-15-36(29,10)35(25,9)17-19-37/h12,26-30H,11,13-22H2,1-10H3/t26-,27+,28-,29-,30+,34+,35+,36-,37+/m1/s1. The Bertz CT molecular complexity index is 1180. The zero-order valence-electron chi connectivity index (χ0n) is 28.7. The van der Waals surface area contributed by atoms with Crippen molar-refractivity contribution in [3.8, 4) is 0 Å². The van der Waals surface area contributed by atoms with E-state index in [1.807, 2.05) is 0 Å². The molecule has 0 amide bonds. The molecule has 0 aliphatic heterocycles. The maximum Gasteiger partial charge on any atom is 0.312 e. The van der Waals surface area contributed by atoms with E-state index < -0.39 is 17.6 Å². The van der Waals surface area contributed by atoms with Gasteiger partial charge in [0.2, 0.25) is 0 Å². The molecule has 43 heavy (non-hydrogen) atoms. The zero-order chi connectivity index (χ0) is 31.8. The molecule has 0 aromatic rings. The molecule has 0 radical (unpaired) electrons. The first kappa shape index (κ1) is 32.5. The first-order valence-electron chi connectivity index (χ1n) is 17.1. The molecule has 6 heteroatoms. The van der Waals surface area contributed by atoms with Crippen LogP contribution in [-0.2, 0) is 28.6 Å². The average molecular weight is 599 g/mol. The van der Waals surface area contributed by atoms with Crippen molar-refractivity contribution in [1.82, 2.24) is 0 Å². The number of carbonyl (C=O) groups excluding carboxylic acids is 3. The molecule has 5 aliphatic rings. The maximum absolute atomic E-state index is 13.9. The van der Waals surface area contributed by atoms with E-state index in [0.29, 0.717) is 24.9 Å². The number of hydrogen-bond donors (Lipinski definition) is 0. The monoisotopic (exact) mass is 598 g/mol. The second kappa shape index (κ2) is 10.6. The Morgan fingerprint density at radius 1 is 0.837 bits per heavy atom. The highest BCUT2D eigenvalue weighted by atomic mass is 16.6. The van der Waals surface area contributed by atoms with Gasteiger partial charge in [-0.1, -0.05) is 67.0 Å². The summed E-state index contributed by atoms with van der Waals surface area (Å²) in [4.78, 5) is 38.5. The topological polar surface area (TPSA) is 78.9 Å². The fourth-order valence-electron chi connectivity index (χ4n) is 11.8. The fraction of sp³-hybridized carbons (Fsp3) is 0.865. The lowest BCUT2D eigenvalue weighted by molar-refractivity contribution is -0.244. The van der Waals surface area contributed by atoms with Crippen molar-refractivity contribution in [2.24, 2.45) is 50.2 Å². The van der Waals surface area contributed by atoms with Crippen LogP contribution in [0.1, 0.15) is 133 Å². The molecule has 5 aliphatic carbocycles. The number of ether oxygens (including phenoxy) is 3. The molecular formula is C37H58O6. The van der Waals surface area contributed by atoms with Crippen LogP contribution in [0.15, 0.2) is 11.6 Å². The van der Waals surface area contributed by atoms with Crippen LogP contribution >= 0.6 is 0 Å². The molecule has 242 valence electrons. The Labute approximate surface area is 260 Å². The number of fused-ring (bicyclic) bond motifs is 7. The van der Waals surface area contributed by atoms with E-state index in [-0.39, 0.29) is 50.9 Å². The highest BCUT2D eigenvalue weighted by molar-refractivity contribution is 5.79. The molecule has 0 aromatic carbocycles. The van der Waals surface area contributed by atoms with E-state index in [2.05, 4.69) is 61.5 Å². The van der Waals surface area contributed by atoms with Gasteiger partial charge in [-0.2, -0.15) is 0 Å². The minimum Gasteiger partial charge on any atom is -0.465 e. The van der Waals surface area contributed by atoms with Crippen molar-refractivity contribution in [3.05, 3.63) is 11.6 Å². The summed E-state index contributed by atoms with van der Waals surface area (Å²) in [6.45, 7) is 22.1. The van der Waals surface area contributed by atoms with Crippen molar-refractivity contribution in [2.75, 3.05) is 6.61 Å². The lowest BCUT2D eigenvalue weighted by atomic mass is 9.33. The molecule has 0 N–H and O–H groups in total. The van der Waals surface area contributed by atoms with E-state index >= 15 is 0 Å². The Hall–Kier alpha value is -1.85. The molecular weight excluding hydrogens is 540 g/mol. The summed E-state index contributed by atoms with van der Waals surface area (Å²) in [5.74, 6) is 0.320. The van der Waals surface area contributed by atoms with Gasteiger partial charge in [0, 0.05) is 19.3 Å². The number of rotatable bonds is 5. The molecule has 0 unspecified atom stereocenters. The van der Waals surface area contributed by atoms with Crippen LogP contribution in [0.3, 0.4) is 0 Å². The summed E-state index contributed by atoms with van der Waals surface area (Å²) < 4.78 is 17.9. The van der Waals surface area contributed by atoms with Gasteiger partial charge in [-0.15, -0.1) is 0 Å². The molecule has 4 saturated carbocycles. The van der Waals surface area contributed by atoms with Gasteiger partial charge < -0.3 is 14.2 Å². The maximum atomic E-state index is 13.9. The Morgan fingerprint density at radius 3 is 2.12 bits per heavy atom. The molecule has 6 nitrogen and oxygen atoms in total. The summed E-state index contributed by atoms with van der Waals surface area (Å²) in [7, 11) is 0. The Kier molecular flexibility index (Phi) is 8.03.